The molecule has 5 N–H and O–H groups in total. The Balaban J connectivity index is 2.22. The topological polar surface area (TPSA) is 139 Å². The molecule has 1 amide bonds. The molecule has 2 aliphatic rings. The zero-order valence-electron chi connectivity index (χ0n) is 26.0. The molecule has 8 nitrogen and oxygen atoms in total. The number of cyclic esters (lactones) is 1. The second kappa shape index (κ2) is 15.2. The molecule has 1 aliphatic carbocycles. The number of amides is 1. The number of ether oxygens (including phenoxy) is 2. The second-order valence-electron chi connectivity index (χ2n) is 12.6. The van der Waals surface area contributed by atoms with Crippen molar-refractivity contribution in [3.63, 3.8) is 0 Å². The standard InChI is InChI=1S/C33H53NO7/c1-10-11-13-17(2)31(41-33(34)39)23(8)28(35)19(4)16-18(3)27-22(7)29(36)20(5)25(27)14-12-15-26-21(6)30(37)24(9)32(38)40-26/h10-14,16-17,19-31,35-37H,1,15H2,2-9H3,(H2,34,39)/b13-11-,14-12+,18-16+/t17-,19-,20-,21-,22-,23-,24+,25-,26-,27+,28+,29-,30-,31-/m0/s1. The van der Waals surface area contributed by atoms with Gasteiger partial charge in [-0.05, 0) is 37.5 Å². The number of rotatable bonds is 12. The fourth-order valence-electron chi connectivity index (χ4n) is 6.91. The molecule has 1 aliphatic heterocycles. The number of primary amides is 1. The van der Waals surface area contributed by atoms with E-state index in [4.69, 9.17) is 15.2 Å². The van der Waals surface area contributed by atoms with Gasteiger partial charge in [0.25, 0.3) is 0 Å². The lowest BCUT2D eigenvalue weighted by atomic mass is 9.78. The van der Waals surface area contributed by atoms with Crippen molar-refractivity contribution in [2.45, 2.75) is 92.3 Å². The van der Waals surface area contributed by atoms with Gasteiger partial charge in [-0.2, -0.15) is 0 Å². The molecule has 1 heterocycles. The summed E-state index contributed by atoms with van der Waals surface area (Å²) >= 11 is 0. The van der Waals surface area contributed by atoms with E-state index in [1.54, 1.807) is 19.1 Å². The average Bonchev–Trinajstić information content (AvgIpc) is 3.14. The lowest BCUT2D eigenvalue weighted by Crippen LogP contribution is -2.46. The van der Waals surface area contributed by atoms with Gasteiger partial charge in [-0.25, -0.2) is 4.79 Å². The van der Waals surface area contributed by atoms with Crippen LogP contribution < -0.4 is 5.73 Å². The highest BCUT2D eigenvalue weighted by Gasteiger charge is 2.45. The zero-order chi connectivity index (χ0) is 31.2. The molecule has 0 spiro atoms. The number of carbonyl (C=O) groups is 2. The van der Waals surface area contributed by atoms with Crippen LogP contribution in [-0.4, -0.2) is 57.9 Å². The van der Waals surface area contributed by atoms with E-state index in [-0.39, 0.29) is 47.4 Å². The number of aliphatic hydroxyl groups excluding tert-OH is 3. The first-order valence-electron chi connectivity index (χ1n) is 15.0. The number of hydrogen-bond donors (Lipinski definition) is 4. The molecule has 232 valence electrons. The van der Waals surface area contributed by atoms with Crippen molar-refractivity contribution in [2.24, 2.45) is 59.0 Å². The van der Waals surface area contributed by atoms with E-state index >= 15 is 0 Å². The third-order valence-electron chi connectivity index (χ3n) is 9.64. The molecule has 2 rings (SSSR count). The molecule has 0 unspecified atom stereocenters. The van der Waals surface area contributed by atoms with Gasteiger partial charge in [0, 0.05) is 30.1 Å². The largest absolute Gasteiger partial charge is 0.461 e. The van der Waals surface area contributed by atoms with E-state index in [9.17, 15) is 24.9 Å². The van der Waals surface area contributed by atoms with Crippen LogP contribution in [0.2, 0.25) is 0 Å². The van der Waals surface area contributed by atoms with Crippen molar-refractivity contribution in [2.75, 3.05) is 0 Å². The molecular formula is C33H53NO7. The fourth-order valence-corrected chi connectivity index (χ4v) is 6.91. The van der Waals surface area contributed by atoms with Crippen LogP contribution in [0.15, 0.2) is 48.6 Å². The number of nitrogens with two attached hydrogens (primary N) is 1. The van der Waals surface area contributed by atoms with Gasteiger partial charge in [0.1, 0.15) is 12.2 Å². The van der Waals surface area contributed by atoms with Crippen molar-refractivity contribution < 1.29 is 34.4 Å². The van der Waals surface area contributed by atoms with Crippen molar-refractivity contribution in [1.29, 1.82) is 0 Å². The molecule has 0 bridgehead atoms. The highest BCUT2D eigenvalue weighted by Crippen LogP contribution is 2.46. The predicted octanol–water partition coefficient (Wildman–Crippen LogP) is 4.79. The van der Waals surface area contributed by atoms with Crippen molar-refractivity contribution in [3.8, 4) is 0 Å². The van der Waals surface area contributed by atoms with Gasteiger partial charge in [-0.15, -0.1) is 0 Å². The summed E-state index contributed by atoms with van der Waals surface area (Å²) < 4.78 is 11.0. The Hall–Kier alpha value is -2.42. The molecule has 0 aromatic heterocycles. The van der Waals surface area contributed by atoms with Crippen LogP contribution in [0.5, 0.6) is 0 Å². The summed E-state index contributed by atoms with van der Waals surface area (Å²) in [6.07, 6.45) is 8.03. The van der Waals surface area contributed by atoms with Crippen molar-refractivity contribution >= 4 is 12.1 Å². The minimum absolute atomic E-state index is 0.00164. The molecule has 14 atom stereocenters. The Labute approximate surface area is 246 Å². The quantitative estimate of drug-likeness (QED) is 0.149. The summed E-state index contributed by atoms with van der Waals surface area (Å²) in [4.78, 5) is 23.8. The first-order valence-corrected chi connectivity index (χ1v) is 15.0. The average molecular weight is 576 g/mol. The molecule has 1 saturated heterocycles. The summed E-state index contributed by atoms with van der Waals surface area (Å²) in [5.74, 6) is -1.80. The predicted molar refractivity (Wildman–Crippen MR) is 160 cm³/mol. The fraction of sp³-hybridized carbons (Fsp3) is 0.697. The Kier molecular flexibility index (Phi) is 12.9. The third-order valence-corrected chi connectivity index (χ3v) is 9.64. The molecule has 1 saturated carbocycles. The lowest BCUT2D eigenvalue weighted by molar-refractivity contribution is -0.176. The molecular weight excluding hydrogens is 522 g/mol. The number of aliphatic hydroxyl groups is 3. The maximum absolute atomic E-state index is 12.1. The van der Waals surface area contributed by atoms with E-state index in [1.165, 1.54) is 0 Å². The normalized spacial score (nSPS) is 36.5. The van der Waals surface area contributed by atoms with Crippen molar-refractivity contribution in [3.05, 3.63) is 48.6 Å². The summed E-state index contributed by atoms with van der Waals surface area (Å²) in [6.45, 7) is 19.1. The third kappa shape index (κ3) is 8.33. The molecule has 41 heavy (non-hydrogen) atoms. The Morgan fingerprint density at radius 1 is 1.07 bits per heavy atom. The van der Waals surface area contributed by atoms with Crippen molar-refractivity contribution in [1.82, 2.24) is 0 Å². The maximum Gasteiger partial charge on any atom is 0.404 e. The highest BCUT2D eigenvalue weighted by molar-refractivity contribution is 5.73. The molecule has 2 fully saturated rings. The second-order valence-corrected chi connectivity index (χ2v) is 12.6. The monoisotopic (exact) mass is 575 g/mol. The Bertz CT molecular complexity index is 990. The van der Waals surface area contributed by atoms with E-state index < -0.39 is 48.4 Å². The number of carbonyl (C=O) groups excluding carboxylic acids is 2. The van der Waals surface area contributed by atoms with Gasteiger partial charge in [-0.1, -0.05) is 90.2 Å². The van der Waals surface area contributed by atoms with Crippen LogP contribution in [-0.2, 0) is 14.3 Å². The van der Waals surface area contributed by atoms with Crippen LogP contribution >= 0.6 is 0 Å². The Morgan fingerprint density at radius 3 is 2.29 bits per heavy atom. The smallest absolute Gasteiger partial charge is 0.404 e. The minimum atomic E-state index is -0.883. The van der Waals surface area contributed by atoms with Gasteiger partial charge in [0.2, 0.25) is 0 Å². The van der Waals surface area contributed by atoms with Crippen LogP contribution in [0.1, 0.15) is 61.8 Å². The first-order chi connectivity index (χ1) is 19.1. The SMILES string of the molecule is C=C/C=C\[C@H](C)[C@H](OC(N)=O)[C@@H](C)[C@H](O)[C@@H](C)/C=C(\C)[C@@H]1[C@H](C)[C@@H](O)[C@@H](C)[C@@H]1/C=C/C[C@@H]1OC(=O)[C@H](C)[C@@H](O)[C@H]1C. The van der Waals surface area contributed by atoms with Crippen LogP contribution in [0.25, 0.3) is 0 Å². The Morgan fingerprint density at radius 2 is 1.71 bits per heavy atom. The minimum Gasteiger partial charge on any atom is -0.461 e. The van der Waals surface area contributed by atoms with E-state index in [0.717, 1.165) is 5.57 Å². The lowest BCUT2D eigenvalue weighted by Gasteiger charge is -2.36. The van der Waals surface area contributed by atoms with E-state index in [0.29, 0.717) is 6.42 Å². The number of hydrogen-bond acceptors (Lipinski definition) is 7. The molecule has 0 radical (unpaired) electrons. The molecule has 0 aromatic carbocycles. The van der Waals surface area contributed by atoms with Crippen LogP contribution in [0.3, 0.4) is 0 Å². The summed E-state index contributed by atoms with van der Waals surface area (Å²) in [5, 5.41) is 32.7. The van der Waals surface area contributed by atoms with Crippen LogP contribution in [0, 0.1) is 53.3 Å². The van der Waals surface area contributed by atoms with E-state index in [2.05, 4.69) is 18.7 Å². The van der Waals surface area contributed by atoms with Gasteiger partial charge in [0.15, 0.2) is 0 Å². The summed E-state index contributed by atoms with van der Waals surface area (Å²) in [5.41, 5.74) is 6.41. The molecule has 8 heteroatoms. The number of allylic oxidation sites excluding steroid dienone is 4. The summed E-state index contributed by atoms with van der Waals surface area (Å²) in [7, 11) is 0. The van der Waals surface area contributed by atoms with E-state index in [1.807, 2.05) is 60.6 Å². The van der Waals surface area contributed by atoms with Gasteiger partial charge in [-0.3, -0.25) is 4.79 Å². The van der Waals surface area contributed by atoms with Crippen LogP contribution in [0.4, 0.5) is 4.79 Å². The number of esters is 1. The first kappa shape index (κ1) is 34.8. The van der Waals surface area contributed by atoms with Gasteiger partial charge >= 0.3 is 12.1 Å². The molecule has 0 aromatic rings. The zero-order valence-corrected chi connectivity index (χ0v) is 26.0. The van der Waals surface area contributed by atoms with Gasteiger partial charge in [0.05, 0.1) is 24.2 Å². The maximum atomic E-state index is 12.1. The van der Waals surface area contributed by atoms with Gasteiger partial charge < -0.3 is 30.5 Å². The highest BCUT2D eigenvalue weighted by atomic mass is 16.6. The summed E-state index contributed by atoms with van der Waals surface area (Å²) in [6, 6.07) is 0.